The monoisotopic (exact) mass is 436 g/mol. The van der Waals surface area contributed by atoms with E-state index in [-0.39, 0.29) is 11.3 Å². The molecular weight excluding hydrogens is 420 g/mol. The molecule has 2 heterocycles. The zero-order valence-electron chi connectivity index (χ0n) is 16.5. The fraction of sp³-hybridized carbons (Fsp3) is 0.100. The molecule has 0 bridgehead atoms. The second-order valence-corrected chi connectivity index (χ2v) is 7.44. The van der Waals surface area contributed by atoms with E-state index in [9.17, 15) is 14.9 Å². The number of amides is 1. The molecule has 0 aliphatic carbocycles. The van der Waals surface area contributed by atoms with Crippen LogP contribution in [-0.4, -0.2) is 37.7 Å². The number of benzene rings is 2. The molecule has 2 aromatic carbocycles. The highest BCUT2D eigenvalue weighted by Crippen LogP contribution is 2.35. The van der Waals surface area contributed by atoms with Gasteiger partial charge in [0.05, 0.1) is 22.6 Å². The number of hydrogen-bond donors (Lipinski definition) is 1. The molecule has 0 atom stereocenters. The topological polar surface area (TPSA) is 125 Å². The van der Waals surface area contributed by atoms with E-state index in [1.807, 2.05) is 6.07 Å². The first kappa shape index (κ1) is 20.3. The number of nitrogens with zero attached hydrogens (tertiary/aromatic N) is 5. The molecule has 1 amide bonds. The summed E-state index contributed by atoms with van der Waals surface area (Å²) in [5.41, 5.74) is 1.09. The van der Waals surface area contributed by atoms with E-state index in [0.717, 1.165) is 11.8 Å². The summed E-state index contributed by atoms with van der Waals surface area (Å²) in [6, 6.07) is 11.3. The molecular formula is C20H16N6O4S. The Kier molecular flexibility index (Phi) is 5.50. The lowest BCUT2D eigenvalue weighted by Gasteiger charge is -2.11. The van der Waals surface area contributed by atoms with E-state index in [4.69, 9.17) is 4.74 Å². The van der Waals surface area contributed by atoms with Gasteiger partial charge in [-0.2, -0.15) is 0 Å². The maximum atomic E-state index is 12.9. The molecule has 0 fully saturated rings. The minimum atomic E-state index is -0.526. The minimum Gasteiger partial charge on any atom is -0.494 e. The SMILES string of the molecule is COc1ccc(NC(=O)c2ccc(Sc3nncn3C)c([N+](=O)[O-])c2)c2cccnc12. The molecule has 10 nitrogen and oxygen atoms in total. The molecule has 0 saturated carbocycles. The van der Waals surface area contributed by atoms with Crippen LogP contribution in [0.15, 0.2) is 65.0 Å². The van der Waals surface area contributed by atoms with Crippen LogP contribution >= 0.6 is 11.8 Å². The summed E-state index contributed by atoms with van der Waals surface area (Å²) >= 11 is 1.10. The predicted octanol–water partition coefficient (Wildman–Crippen LogP) is 3.68. The Labute approximate surface area is 180 Å². The number of anilines is 1. The largest absolute Gasteiger partial charge is 0.494 e. The van der Waals surface area contributed by atoms with Crippen molar-refractivity contribution in [1.29, 1.82) is 0 Å². The van der Waals surface area contributed by atoms with Gasteiger partial charge in [-0.05, 0) is 48.2 Å². The maximum Gasteiger partial charge on any atom is 0.284 e. The summed E-state index contributed by atoms with van der Waals surface area (Å²) in [4.78, 5) is 28.6. The summed E-state index contributed by atoms with van der Waals surface area (Å²) in [5.74, 6) is 0.100. The molecule has 11 heteroatoms. The smallest absolute Gasteiger partial charge is 0.284 e. The number of aryl methyl sites for hydroxylation is 1. The van der Waals surface area contributed by atoms with Gasteiger partial charge in [-0.1, -0.05) is 0 Å². The van der Waals surface area contributed by atoms with Crippen LogP contribution < -0.4 is 10.1 Å². The van der Waals surface area contributed by atoms with Crippen LogP contribution in [0.3, 0.4) is 0 Å². The van der Waals surface area contributed by atoms with Crippen molar-refractivity contribution >= 4 is 39.9 Å². The zero-order valence-corrected chi connectivity index (χ0v) is 17.3. The second kappa shape index (κ2) is 8.40. The molecule has 156 valence electrons. The molecule has 0 unspecified atom stereocenters. The predicted molar refractivity (Wildman–Crippen MR) is 114 cm³/mol. The van der Waals surface area contributed by atoms with Gasteiger partial charge in [0, 0.05) is 30.3 Å². The van der Waals surface area contributed by atoms with Crippen LogP contribution in [-0.2, 0) is 7.05 Å². The molecule has 4 aromatic rings. The van der Waals surface area contributed by atoms with E-state index in [1.165, 1.54) is 24.5 Å². The number of nitro benzene ring substituents is 1. The van der Waals surface area contributed by atoms with Gasteiger partial charge in [0.25, 0.3) is 11.6 Å². The summed E-state index contributed by atoms with van der Waals surface area (Å²) in [6.07, 6.45) is 3.14. The molecule has 31 heavy (non-hydrogen) atoms. The second-order valence-electron chi connectivity index (χ2n) is 6.44. The quantitative estimate of drug-likeness (QED) is 0.358. The first-order valence-corrected chi connectivity index (χ1v) is 9.83. The van der Waals surface area contributed by atoms with Crippen molar-refractivity contribution in [2.45, 2.75) is 10.1 Å². The van der Waals surface area contributed by atoms with Crippen LogP contribution in [0, 0.1) is 10.1 Å². The van der Waals surface area contributed by atoms with Crippen molar-refractivity contribution in [3.05, 3.63) is 70.7 Å². The molecule has 0 saturated heterocycles. The van der Waals surface area contributed by atoms with Gasteiger partial charge in [0.15, 0.2) is 5.16 Å². The Bertz CT molecular complexity index is 1310. The summed E-state index contributed by atoms with van der Waals surface area (Å²) < 4.78 is 6.97. The van der Waals surface area contributed by atoms with Gasteiger partial charge in [-0.3, -0.25) is 19.9 Å². The van der Waals surface area contributed by atoms with Crippen molar-refractivity contribution < 1.29 is 14.5 Å². The lowest BCUT2D eigenvalue weighted by molar-refractivity contribution is -0.387. The van der Waals surface area contributed by atoms with Gasteiger partial charge < -0.3 is 14.6 Å². The first-order chi connectivity index (χ1) is 15.0. The van der Waals surface area contributed by atoms with Gasteiger partial charge in [-0.15, -0.1) is 10.2 Å². The van der Waals surface area contributed by atoms with E-state index < -0.39 is 10.8 Å². The molecule has 0 spiro atoms. The van der Waals surface area contributed by atoms with Gasteiger partial charge in [-0.25, -0.2) is 0 Å². The Hall–Kier alpha value is -3.99. The highest BCUT2D eigenvalue weighted by atomic mass is 32.2. The number of aromatic nitrogens is 4. The van der Waals surface area contributed by atoms with Gasteiger partial charge >= 0.3 is 0 Å². The third-order valence-electron chi connectivity index (χ3n) is 4.49. The lowest BCUT2D eigenvalue weighted by atomic mass is 10.1. The Balaban J connectivity index is 1.65. The van der Waals surface area contributed by atoms with E-state index in [1.54, 1.807) is 43.1 Å². The van der Waals surface area contributed by atoms with E-state index in [2.05, 4.69) is 20.5 Å². The first-order valence-electron chi connectivity index (χ1n) is 9.01. The van der Waals surface area contributed by atoms with Crippen LogP contribution in [0.2, 0.25) is 0 Å². The number of ether oxygens (including phenoxy) is 1. The van der Waals surface area contributed by atoms with Crippen molar-refractivity contribution in [3.8, 4) is 5.75 Å². The Morgan fingerprint density at radius 2 is 2.10 bits per heavy atom. The fourth-order valence-corrected chi connectivity index (χ4v) is 3.82. The number of methoxy groups -OCH3 is 1. The van der Waals surface area contributed by atoms with Gasteiger partial charge in [0.1, 0.15) is 17.6 Å². The van der Waals surface area contributed by atoms with Crippen molar-refractivity contribution in [2.75, 3.05) is 12.4 Å². The molecule has 0 aliphatic heterocycles. The number of rotatable bonds is 6. The number of hydrogen-bond acceptors (Lipinski definition) is 8. The van der Waals surface area contributed by atoms with E-state index in [0.29, 0.717) is 32.4 Å². The van der Waals surface area contributed by atoms with Gasteiger partial charge in [0.2, 0.25) is 0 Å². The van der Waals surface area contributed by atoms with Crippen LogP contribution in [0.25, 0.3) is 10.9 Å². The average molecular weight is 436 g/mol. The maximum absolute atomic E-state index is 12.9. The van der Waals surface area contributed by atoms with Crippen LogP contribution in [0.1, 0.15) is 10.4 Å². The summed E-state index contributed by atoms with van der Waals surface area (Å²) in [5, 5.41) is 23.3. The van der Waals surface area contributed by atoms with Crippen LogP contribution in [0.5, 0.6) is 5.75 Å². The molecule has 1 N–H and O–H groups in total. The highest BCUT2D eigenvalue weighted by molar-refractivity contribution is 7.99. The normalized spacial score (nSPS) is 10.8. The Morgan fingerprint density at radius 3 is 2.81 bits per heavy atom. The third-order valence-corrected chi connectivity index (χ3v) is 5.61. The number of nitrogens with one attached hydrogen (secondary N) is 1. The number of pyridine rings is 1. The van der Waals surface area contributed by atoms with Crippen molar-refractivity contribution in [3.63, 3.8) is 0 Å². The minimum absolute atomic E-state index is 0.155. The zero-order chi connectivity index (χ0) is 22.0. The van der Waals surface area contributed by atoms with Crippen LogP contribution in [0.4, 0.5) is 11.4 Å². The fourth-order valence-electron chi connectivity index (χ4n) is 2.97. The molecule has 2 aromatic heterocycles. The van der Waals surface area contributed by atoms with Crippen molar-refractivity contribution in [1.82, 2.24) is 19.7 Å². The average Bonchev–Trinajstić information content (AvgIpc) is 3.18. The molecule has 4 rings (SSSR count). The molecule has 0 radical (unpaired) electrons. The number of carbonyl (C=O) groups excluding carboxylic acids is 1. The lowest BCUT2D eigenvalue weighted by Crippen LogP contribution is -2.13. The third kappa shape index (κ3) is 4.03. The summed E-state index contributed by atoms with van der Waals surface area (Å²) in [7, 11) is 3.28. The number of carbonyl (C=O) groups is 1. The van der Waals surface area contributed by atoms with E-state index >= 15 is 0 Å². The number of nitro groups is 1. The summed E-state index contributed by atoms with van der Waals surface area (Å²) in [6.45, 7) is 0. The van der Waals surface area contributed by atoms with Crippen molar-refractivity contribution in [2.24, 2.45) is 7.05 Å². The Morgan fingerprint density at radius 1 is 1.26 bits per heavy atom. The highest BCUT2D eigenvalue weighted by Gasteiger charge is 2.20. The standard InChI is InChI=1S/C20H16N6O4S/c1-25-11-22-24-20(25)31-17-8-5-12(10-15(17)26(28)29)19(27)23-14-6-7-16(30-2)18-13(14)4-3-9-21-18/h3-11H,1-2H3,(H,23,27). The molecule has 0 aliphatic rings. The number of fused-ring (bicyclic) bond motifs is 1.